The molecule has 0 aromatic heterocycles. The van der Waals surface area contributed by atoms with Gasteiger partial charge in [-0.15, -0.1) is 0 Å². The highest BCUT2D eigenvalue weighted by Crippen LogP contribution is 2.33. The first-order chi connectivity index (χ1) is 12.6. The quantitative estimate of drug-likeness (QED) is 0.868. The number of hydrogen-bond donors (Lipinski definition) is 2. The minimum atomic E-state index is -0.372. The van der Waals surface area contributed by atoms with E-state index in [1.807, 2.05) is 36.1 Å². The summed E-state index contributed by atoms with van der Waals surface area (Å²) in [4.78, 5) is 29.6. The Morgan fingerprint density at radius 1 is 1.19 bits per heavy atom. The van der Waals surface area contributed by atoms with Gasteiger partial charge in [0.25, 0.3) is 5.91 Å². The molecule has 1 saturated heterocycles. The van der Waals surface area contributed by atoms with Crippen molar-refractivity contribution in [2.45, 2.75) is 38.8 Å². The predicted molar refractivity (Wildman–Crippen MR) is 99.5 cm³/mol. The molecule has 0 saturated carbocycles. The van der Waals surface area contributed by atoms with Crippen molar-refractivity contribution in [1.82, 2.24) is 20.4 Å². The maximum absolute atomic E-state index is 13.1. The molecule has 6 nitrogen and oxygen atoms in total. The van der Waals surface area contributed by atoms with Crippen molar-refractivity contribution >= 4 is 11.9 Å². The Morgan fingerprint density at radius 2 is 1.96 bits per heavy atom. The van der Waals surface area contributed by atoms with Crippen LogP contribution in [0.25, 0.3) is 0 Å². The summed E-state index contributed by atoms with van der Waals surface area (Å²) in [7, 11) is 0. The number of urea groups is 1. The third-order valence-electron chi connectivity index (χ3n) is 5.77. The number of hydrogen-bond acceptors (Lipinski definition) is 3. The summed E-state index contributed by atoms with van der Waals surface area (Å²) in [6.45, 7) is 7.56. The van der Waals surface area contributed by atoms with Gasteiger partial charge in [-0.2, -0.15) is 0 Å². The summed E-state index contributed by atoms with van der Waals surface area (Å²) in [5.74, 6) is 0.0426. The maximum Gasteiger partial charge on any atom is 0.319 e. The molecule has 6 heteroatoms. The zero-order valence-electron chi connectivity index (χ0n) is 15.4. The number of nitrogens with one attached hydrogen (secondary N) is 2. The molecule has 1 aromatic carbocycles. The van der Waals surface area contributed by atoms with Crippen molar-refractivity contribution in [2.75, 3.05) is 26.2 Å². The van der Waals surface area contributed by atoms with E-state index in [-0.39, 0.29) is 18.0 Å². The smallest absolute Gasteiger partial charge is 0.319 e. The molecular formula is C20H26N4O2. The van der Waals surface area contributed by atoms with Crippen molar-refractivity contribution in [2.24, 2.45) is 0 Å². The molecule has 1 aromatic rings. The molecule has 0 aliphatic carbocycles. The average Bonchev–Trinajstić information content (AvgIpc) is 3.20. The van der Waals surface area contributed by atoms with Crippen molar-refractivity contribution in [3.63, 3.8) is 0 Å². The van der Waals surface area contributed by atoms with Crippen molar-refractivity contribution in [3.8, 4) is 0 Å². The first-order valence-corrected chi connectivity index (χ1v) is 9.47. The number of likely N-dealkylation sites (N-methyl/N-ethyl adjacent to an activating group) is 1. The SMILES string of the molecule is CCN1CCC[C@H]1CN1CC2=C(C1=O)[C@H](c1ccc(C)cc1)NC(=O)N2. The summed E-state index contributed by atoms with van der Waals surface area (Å²) in [5, 5.41) is 5.78. The van der Waals surface area contributed by atoms with Gasteiger partial charge in [0, 0.05) is 12.6 Å². The van der Waals surface area contributed by atoms with Crippen LogP contribution in [0.1, 0.15) is 36.9 Å². The molecular weight excluding hydrogens is 328 g/mol. The summed E-state index contributed by atoms with van der Waals surface area (Å²) in [6, 6.07) is 7.82. The highest BCUT2D eigenvalue weighted by atomic mass is 16.2. The number of nitrogens with zero attached hydrogens (tertiary/aromatic N) is 2. The van der Waals surface area contributed by atoms with Gasteiger partial charge >= 0.3 is 6.03 Å². The molecule has 1 fully saturated rings. The molecule has 26 heavy (non-hydrogen) atoms. The molecule has 138 valence electrons. The molecule has 3 aliphatic heterocycles. The molecule has 0 spiro atoms. The fourth-order valence-electron chi connectivity index (χ4n) is 4.36. The van der Waals surface area contributed by atoms with Gasteiger partial charge in [-0.1, -0.05) is 36.8 Å². The molecule has 0 unspecified atom stereocenters. The monoisotopic (exact) mass is 354 g/mol. The van der Waals surface area contributed by atoms with Crippen LogP contribution in [0.2, 0.25) is 0 Å². The first-order valence-electron chi connectivity index (χ1n) is 9.47. The largest absolute Gasteiger partial charge is 0.331 e. The van der Waals surface area contributed by atoms with Crippen LogP contribution in [0, 0.1) is 6.92 Å². The van der Waals surface area contributed by atoms with Gasteiger partial charge in [0.15, 0.2) is 0 Å². The lowest BCUT2D eigenvalue weighted by Gasteiger charge is -2.28. The minimum Gasteiger partial charge on any atom is -0.331 e. The van der Waals surface area contributed by atoms with Crippen LogP contribution in [-0.4, -0.2) is 54.0 Å². The second-order valence-electron chi connectivity index (χ2n) is 7.44. The van der Waals surface area contributed by atoms with E-state index in [1.54, 1.807) is 0 Å². The number of aryl methyl sites for hydroxylation is 1. The van der Waals surface area contributed by atoms with E-state index in [1.165, 1.54) is 6.42 Å². The third-order valence-corrected chi connectivity index (χ3v) is 5.77. The van der Waals surface area contributed by atoms with Crippen LogP contribution >= 0.6 is 0 Å². The summed E-state index contributed by atoms with van der Waals surface area (Å²) in [5.41, 5.74) is 3.55. The van der Waals surface area contributed by atoms with Crippen LogP contribution in [0.4, 0.5) is 4.79 Å². The van der Waals surface area contributed by atoms with Crippen LogP contribution in [0.5, 0.6) is 0 Å². The topological polar surface area (TPSA) is 64.7 Å². The standard InChI is InChI=1S/C20H26N4O2/c1-3-23-10-4-5-15(23)11-24-12-16-17(19(24)25)18(22-20(26)21-16)14-8-6-13(2)7-9-14/h6-9,15,18H,3-5,10-12H2,1-2H3,(H2,21,22,26)/t15-,18-/m0/s1. The van der Waals surface area contributed by atoms with Gasteiger partial charge < -0.3 is 15.5 Å². The van der Waals surface area contributed by atoms with Crippen molar-refractivity contribution in [3.05, 3.63) is 46.7 Å². The second-order valence-corrected chi connectivity index (χ2v) is 7.44. The molecule has 2 N–H and O–H groups in total. The Kier molecular flexibility index (Phi) is 4.44. The van der Waals surface area contributed by atoms with E-state index in [0.717, 1.165) is 42.9 Å². The van der Waals surface area contributed by atoms with Crippen molar-refractivity contribution < 1.29 is 9.59 Å². The van der Waals surface area contributed by atoms with Gasteiger partial charge in [-0.25, -0.2) is 4.79 Å². The summed E-state index contributed by atoms with van der Waals surface area (Å²) in [6.07, 6.45) is 2.33. The fraction of sp³-hybridized carbons (Fsp3) is 0.500. The van der Waals surface area contributed by atoms with Gasteiger partial charge in [0.2, 0.25) is 0 Å². The Hall–Kier alpha value is -2.34. The molecule has 0 bridgehead atoms. The Morgan fingerprint density at radius 3 is 2.69 bits per heavy atom. The lowest BCUT2D eigenvalue weighted by Crippen LogP contribution is -2.44. The predicted octanol–water partition coefficient (Wildman–Crippen LogP) is 1.93. The molecule has 0 radical (unpaired) electrons. The fourth-order valence-corrected chi connectivity index (χ4v) is 4.36. The summed E-state index contributed by atoms with van der Waals surface area (Å²) >= 11 is 0. The normalized spacial score (nSPS) is 26.2. The molecule has 4 rings (SSSR count). The average molecular weight is 354 g/mol. The number of carbonyl (C=O) groups is 2. The van der Waals surface area contributed by atoms with E-state index in [9.17, 15) is 9.59 Å². The van der Waals surface area contributed by atoms with E-state index in [4.69, 9.17) is 0 Å². The maximum atomic E-state index is 13.1. The Labute approximate surface area is 154 Å². The number of likely N-dealkylation sites (tertiary alicyclic amines) is 1. The van der Waals surface area contributed by atoms with E-state index in [2.05, 4.69) is 22.5 Å². The van der Waals surface area contributed by atoms with E-state index in [0.29, 0.717) is 18.2 Å². The van der Waals surface area contributed by atoms with Crippen LogP contribution in [0.3, 0.4) is 0 Å². The lowest BCUT2D eigenvalue weighted by molar-refractivity contribution is -0.126. The van der Waals surface area contributed by atoms with Crippen molar-refractivity contribution in [1.29, 1.82) is 0 Å². The number of amides is 3. The zero-order valence-corrected chi connectivity index (χ0v) is 15.4. The van der Waals surface area contributed by atoms with Gasteiger partial charge in [-0.05, 0) is 38.4 Å². The second kappa shape index (κ2) is 6.76. The van der Waals surface area contributed by atoms with Gasteiger partial charge in [0.1, 0.15) is 0 Å². The number of rotatable bonds is 4. The summed E-state index contributed by atoms with van der Waals surface area (Å²) < 4.78 is 0. The number of benzene rings is 1. The molecule has 3 aliphatic rings. The third kappa shape index (κ3) is 2.98. The molecule has 2 atom stereocenters. The molecule has 3 amide bonds. The first kappa shape index (κ1) is 17.1. The Bertz CT molecular complexity index is 756. The van der Waals surface area contributed by atoms with E-state index >= 15 is 0 Å². The highest BCUT2D eigenvalue weighted by Gasteiger charge is 2.41. The highest BCUT2D eigenvalue weighted by molar-refractivity contribution is 6.01. The van der Waals surface area contributed by atoms with Gasteiger partial charge in [0.05, 0.1) is 23.9 Å². The molecule has 3 heterocycles. The van der Waals surface area contributed by atoms with E-state index < -0.39 is 0 Å². The van der Waals surface area contributed by atoms with Crippen LogP contribution in [-0.2, 0) is 4.79 Å². The Balaban J connectivity index is 1.57. The van der Waals surface area contributed by atoms with Crippen LogP contribution < -0.4 is 10.6 Å². The number of carbonyl (C=O) groups excluding carboxylic acids is 2. The van der Waals surface area contributed by atoms with Crippen LogP contribution in [0.15, 0.2) is 35.5 Å². The zero-order chi connectivity index (χ0) is 18.3. The minimum absolute atomic E-state index is 0.0426. The van der Waals surface area contributed by atoms with Gasteiger partial charge in [-0.3, -0.25) is 9.69 Å². The lowest BCUT2D eigenvalue weighted by atomic mass is 9.95.